The molecule has 0 aliphatic carbocycles. The number of esters is 1. The number of ether oxygens (including phenoxy) is 1. The Morgan fingerprint density at radius 3 is 2.38 bits per heavy atom. The van der Waals surface area contributed by atoms with Gasteiger partial charge in [-0.15, -0.1) is 0 Å². The predicted octanol–water partition coefficient (Wildman–Crippen LogP) is 1.90. The largest absolute Gasteiger partial charge is 0.447 e. The first-order valence-corrected chi connectivity index (χ1v) is 6.65. The van der Waals surface area contributed by atoms with Crippen molar-refractivity contribution in [1.29, 1.82) is 0 Å². The van der Waals surface area contributed by atoms with Gasteiger partial charge in [-0.25, -0.2) is 4.90 Å². The Hall–Kier alpha value is -2.08. The molecular weight excluding hydrogens is 296 g/mol. The molecular formula is C14H15ClN2O4. The summed E-state index contributed by atoms with van der Waals surface area (Å²) in [5.74, 6) is -1.67. The molecule has 21 heavy (non-hydrogen) atoms. The van der Waals surface area contributed by atoms with Crippen molar-refractivity contribution in [2.24, 2.45) is 0 Å². The molecule has 1 aromatic carbocycles. The Morgan fingerprint density at radius 2 is 1.90 bits per heavy atom. The predicted molar refractivity (Wildman–Crippen MR) is 78.5 cm³/mol. The van der Waals surface area contributed by atoms with Gasteiger partial charge in [0, 0.05) is 33.5 Å². The lowest BCUT2D eigenvalue weighted by Gasteiger charge is -2.18. The van der Waals surface area contributed by atoms with Gasteiger partial charge < -0.3 is 9.64 Å². The molecule has 0 spiro atoms. The molecule has 1 heterocycles. The van der Waals surface area contributed by atoms with Crippen molar-refractivity contribution in [2.45, 2.75) is 20.0 Å². The van der Waals surface area contributed by atoms with Crippen molar-refractivity contribution >= 4 is 40.8 Å². The van der Waals surface area contributed by atoms with Crippen molar-refractivity contribution in [1.82, 2.24) is 0 Å². The molecule has 6 nitrogen and oxygen atoms in total. The van der Waals surface area contributed by atoms with E-state index in [1.807, 2.05) is 0 Å². The van der Waals surface area contributed by atoms with Crippen LogP contribution in [0, 0.1) is 0 Å². The number of carbonyl (C=O) groups is 3. The zero-order valence-electron chi connectivity index (χ0n) is 12.1. The van der Waals surface area contributed by atoms with Gasteiger partial charge in [-0.1, -0.05) is 11.6 Å². The van der Waals surface area contributed by atoms with Crippen LogP contribution in [0.25, 0.3) is 0 Å². The van der Waals surface area contributed by atoms with Crippen LogP contribution in [0.2, 0.25) is 5.02 Å². The number of imide groups is 1. The number of hydrogen-bond acceptors (Lipinski definition) is 5. The van der Waals surface area contributed by atoms with E-state index in [0.717, 1.165) is 4.90 Å². The van der Waals surface area contributed by atoms with Crippen LogP contribution in [0.3, 0.4) is 0 Å². The highest BCUT2D eigenvalue weighted by atomic mass is 35.5. The summed E-state index contributed by atoms with van der Waals surface area (Å²) in [4.78, 5) is 38.0. The summed E-state index contributed by atoms with van der Waals surface area (Å²) in [5.41, 5.74) is 1.37. The van der Waals surface area contributed by atoms with Crippen molar-refractivity contribution in [3.05, 3.63) is 22.7 Å². The van der Waals surface area contributed by atoms with E-state index in [-0.39, 0.29) is 0 Å². The fraction of sp³-hybridized carbons (Fsp3) is 0.357. The van der Waals surface area contributed by atoms with Gasteiger partial charge in [0.05, 0.1) is 16.4 Å². The summed E-state index contributed by atoms with van der Waals surface area (Å²) in [5, 5.41) is 0.292. The van der Waals surface area contributed by atoms with Crippen molar-refractivity contribution in [3.63, 3.8) is 0 Å². The number of fused-ring (bicyclic) bond motifs is 1. The molecule has 0 fully saturated rings. The second kappa shape index (κ2) is 5.37. The highest BCUT2D eigenvalue weighted by Gasteiger charge is 2.44. The van der Waals surface area contributed by atoms with Crippen molar-refractivity contribution < 1.29 is 19.1 Å². The van der Waals surface area contributed by atoms with E-state index < -0.39 is 23.9 Å². The minimum absolute atomic E-state index is 0.292. The van der Waals surface area contributed by atoms with Crippen LogP contribution >= 0.6 is 11.6 Å². The second-order valence-corrected chi connectivity index (χ2v) is 5.29. The lowest BCUT2D eigenvalue weighted by atomic mass is 10.1. The molecule has 1 unspecified atom stereocenters. The fourth-order valence-corrected chi connectivity index (χ4v) is 2.75. The maximum absolute atomic E-state index is 12.3. The third kappa shape index (κ3) is 2.47. The van der Waals surface area contributed by atoms with Crippen LogP contribution in [-0.4, -0.2) is 31.9 Å². The lowest BCUT2D eigenvalue weighted by Crippen LogP contribution is -2.34. The molecule has 0 saturated carbocycles. The van der Waals surface area contributed by atoms with Crippen LogP contribution in [0.4, 0.5) is 11.4 Å². The summed E-state index contributed by atoms with van der Waals surface area (Å²) in [6.07, 6.45) is -1.19. The van der Waals surface area contributed by atoms with E-state index in [1.165, 1.54) is 13.8 Å². The maximum Gasteiger partial charge on any atom is 0.303 e. The van der Waals surface area contributed by atoms with Gasteiger partial charge in [-0.05, 0) is 12.1 Å². The standard InChI is InChI=1S/C14H15ClN2O4/c1-7(18)17-9-5-6-10(16(3)4)12(15)11(9)13(14(17)20)21-8(2)19/h5-6,13H,1-4H3. The Kier molecular flexibility index (Phi) is 3.91. The van der Waals surface area contributed by atoms with Gasteiger partial charge in [0.2, 0.25) is 12.0 Å². The molecule has 2 rings (SSSR count). The number of amides is 2. The van der Waals surface area contributed by atoms with Crippen LogP contribution in [0.15, 0.2) is 12.1 Å². The number of benzene rings is 1. The molecule has 7 heteroatoms. The average molecular weight is 311 g/mol. The molecule has 1 aliphatic rings. The van der Waals surface area contributed by atoms with Crippen molar-refractivity contribution in [3.8, 4) is 0 Å². The number of nitrogens with zero attached hydrogens (tertiary/aromatic N) is 2. The van der Waals surface area contributed by atoms with Gasteiger partial charge >= 0.3 is 5.97 Å². The van der Waals surface area contributed by atoms with Gasteiger partial charge in [0.25, 0.3) is 5.91 Å². The highest BCUT2D eigenvalue weighted by molar-refractivity contribution is 6.36. The third-order valence-electron chi connectivity index (χ3n) is 3.16. The molecule has 1 aliphatic heterocycles. The first kappa shape index (κ1) is 15.3. The van der Waals surface area contributed by atoms with Crippen LogP contribution in [0.5, 0.6) is 0 Å². The monoisotopic (exact) mass is 310 g/mol. The number of carbonyl (C=O) groups excluding carboxylic acids is 3. The normalized spacial score (nSPS) is 16.7. The molecule has 0 bridgehead atoms. The van der Waals surface area contributed by atoms with Crippen LogP contribution in [0.1, 0.15) is 25.5 Å². The molecule has 1 atom stereocenters. The second-order valence-electron chi connectivity index (χ2n) is 4.91. The quantitative estimate of drug-likeness (QED) is 0.781. The number of hydrogen-bond donors (Lipinski definition) is 0. The highest BCUT2D eigenvalue weighted by Crippen LogP contribution is 2.45. The summed E-state index contributed by atoms with van der Waals surface area (Å²) in [7, 11) is 3.60. The summed E-state index contributed by atoms with van der Waals surface area (Å²) in [6.45, 7) is 2.47. The SMILES string of the molecule is CC(=O)OC1C(=O)N(C(C)=O)c2ccc(N(C)C)c(Cl)c21. The summed E-state index contributed by atoms with van der Waals surface area (Å²) < 4.78 is 5.06. The molecule has 1 aromatic rings. The van der Waals surface area contributed by atoms with Crippen molar-refractivity contribution in [2.75, 3.05) is 23.9 Å². The van der Waals surface area contributed by atoms with E-state index in [0.29, 0.717) is 22.0 Å². The fourth-order valence-electron chi connectivity index (χ4n) is 2.32. The zero-order chi connectivity index (χ0) is 15.9. The van der Waals surface area contributed by atoms with Gasteiger partial charge in [-0.3, -0.25) is 14.4 Å². The Labute approximate surface area is 127 Å². The first-order valence-electron chi connectivity index (χ1n) is 6.27. The molecule has 0 radical (unpaired) electrons. The van der Waals surface area contributed by atoms with E-state index in [4.69, 9.17) is 16.3 Å². The third-order valence-corrected chi connectivity index (χ3v) is 3.56. The van der Waals surface area contributed by atoms with E-state index >= 15 is 0 Å². The van der Waals surface area contributed by atoms with Crippen LogP contribution < -0.4 is 9.80 Å². The lowest BCUT2D eigenvalue weighted by molar-refractivity contribution is -0.153. The van der Waals surface area contributed by atoms with E-state index in [2.05, 4.69) is 0 Å². The minimum atomic E-state index is -1.19. The van der Waals surface area contributed by atoms with E-state index in [1.54, 1.807) is 31.1 Å². The molecule has 0 saturated heterocycles. The smallest absolute Gasteiger partial charge is 0.303 e. The molecule has 112 valence electrons. The Balaban J connectivity index is 2.66. The number of rotatable bonds is 2. The maximum atomic E-state index is 12.3. The van der Waals surface area contributed by atoms with Gasteiger partial charge in [0.1, 0.15) is 0 Å². The van der Waals surface area contributed by atoms with Crippen LogP contribution in [-0.2, 0) is 19.1 Å². The van der Waals surface area contributed by atoms with Gasteiger partial charge in [0.15, 0.2) is 0 Å². The molecule has 0 aromatic heterocycles. The minimum Gasteiger partial charge on any atom is -0.447 e. The molecule has 0 N–H and O–H groups in total. The first-order chi connectivity index (χ1) is 9.75. The summed E-state index contributed by atoms with van der Waals surface area (Å²) in [6, 6.07) is 3.33. The topological polar surface area (TPSA) is 66.9 Å². The van der Waals surface area contributed by atoms with E-state index in [9.17, 15) is 14.4 Å². The Morgan fingerprint density at radius 1 is 1.29 bits per heavy atom. The average Bonchev–Trinajstić information content (AvgIpc) is 2.62. The zero-order valence-corrected chi connectivity index (χ0v) is 12.9. The Bertz CT molecular complexity index is 642. The van der Waals surface area contributed by atoms with Gasteiger partial charge in [-0.2, -0.15) is 0 Å². The molecule has 2 amide bonds. The number of anilines is 2. The summed E-state index contributed by atoms with van der Waals surface area (Å²) >= 11 is 6.34. The number of halogens is 1.